The molecule has 1 aliphatic carbocycles. The van der Waals surface area contributed by atoms with Crippen molar-refractivity contribution in [1.29, 1.82) is 0 Å². The van der Waals surface area contributed by atoms with Crippen LogP contribution in [-0.2, 0) is 26.4 Å². The van der Waals surface area contributed by atoms with Gasteiger partial charge in [0, 0.05) is 18.8 Å². The third-order valence-electron chi connectivity index (χ3n) is 4.04. The molecule has 2 aromatic heterocycles. The maximum atomic E-state index is 12.0. The molecular formula is C15H22N6O. The Morgan fingerprint density at radius 2 is 2.27 bits per heavy atom. The van der Waals surface area contributed by atoms with Gasteiger partial charge in [-0.2, -0.15) is 10.2 Å². The van der Waals surface area contributed by atoms with Gasteiger partial charge in [0.15, 0.2) is 0 Å². The van der Waals surface area contributed by atoms with Crippen molar-refractivity contribution in [1.82, 2.24) is 25.3 Å². The maximum absolute atomic E-state index is 12.0. The molecule has 3 N–H and O–H groups in total. The molecule has 7 nitrogen and oxygen atoms in total. The lowest BCUT2D eigenvalue weighted by Crippen LogP contribution is -2.29. The Labute approximate surface area is 129 Å². The van der Waals surface area contributed by atoms with Crippen LogP contribution in [0.15, 0.2) is 6.07 Å². The van der Waals surface area contributed by atoms with Crippen LogP contribution in [0.2, 0.25) is 0 Å². The fourth-order valence-electron chi connectivity index (χ4n) is 2.75. The second-order valence-electron chi connectivity index (χ2n) is 6.02. The van der Waals surface area contributed by atoms with Crippen molar-refractivity contribution in [3.8, 4) is 0 Å². The number of carbonyl (C=O) groups is 1. The van der Waals surface area contributed by atoms with Gasteiger partial charge in [0.2, 0.25) is 0 Å². The van der Waals surface area contributed by atoms with Gasteiger partial charge in [-0.3, -0.25) is 15.1 Å². The fourth-order valence-corrected chi connectivity index (χ4v) is 2.75. The molecule has 0 aliphatic heterocycles. The second-order valence-corrected chi connectivity index (χ2v) is 6.02. The van der Waals surface area contributed by atoms with E-state index in [1.165, 1.54) is 11.3 Å². The van der Waals surface area contributed by atoms with Crippen LogP contribution in [-0.4, -0.2) is 26.0 Å². The lowest BCUT2D eigenvalue weighted by Gasteiger charge is -2.07. The lowest BCUT2D eigenvalue weighted by atomic mass is 10.1. The number of fused-ring (bicyclic) bond motifs is 1. The van der Waals surface area contributed by atoms with Crippen LogP contribution < -0.4 is 10.6 Å². The van der Waals surface area contributed by atoms with Crippen LogP contribution in [0.4, 0.5) is 10.6 Å². The molecule has 0 saturated carbocycles. The second kappa shape index (κ2) is 5.82. The first-order chi connectivity index (χ1) is 10.5. The van der Waals surface area contributed by atoms with Gasteiger partial charge in [-0.05, 0) is 30.7 Å². The minimum Gasteiger partial charge on any atom is -0.332 e. The third kappa shape index (κ3) is 2.84. The van der Waals surface area contributed by atoms with Crippen molar-refractivity contribution >= 4 is 11.8 Å². The summed E-state index contributed by atoms with van der Waals surface area (Å²) in [6.07, 6.45) is 3.27. The number of hydrogen-bond acceptors (Lipinski definition) is 3. The van der Waals surface area contributed by atoms with Crippen LogP contribution in [0.5, 0.6) is 0 Å². The highest BCUT2D eigenvalue weighted by molar-refractivity contribution is 5.88. The van der Waals surface area contributed by atoms with E-state index in [0.717, 1.165) is 30.7 Å². The van der Waals surface area contributed by atoms with E-state index in [9.17, 15) is 4.79 Å². The molecule has 22 heavy (non-hydrogen) atoms. The number of nitrogens with one attached hydrogen (secondary N) is 3. The smallest absolute Gasteiger partial charge is 0.320 e. The van der Waals surface area contributed by atoms with Gasteiger partial charge in [-0.15, -0.1) is 0 Å². The predicted octanol–water partition coefficient (Wildman–Crippen LogP) is 2.08. The number of aromatic amines is 1. The third-order valence-corrected chi connectivity index (χ3v) is 4.04. The first-order valence-electron chi connectivity index (χ1n) is 7.68. The Hall–Kier alpha value is -2.31. The molecule has 1 aliphatic rings. The van der Waals surface area contributed by atoms with Gasteiger partial charge >= 0.3 is 6.03 Å². The predicted molar refractivity (Wildman–Crippen MR) is 83.8 cm³/mol. The van der Waals surface area contributed by atoms with Crippen LogP contribution in [0.25, 0.3) is 0 Å². The molecule has 2 heterocycles. The molecule has 0 saturated heterocycles. The Bertz CT molecular complexity index is 684. The number of aryl methyl sites for hydroxylation is 2. The van der Waals surface area contributed by atoms with Gasteiger partial charge < -0.3 is 5.32 Å². The van der Waals surface area contributed by atoms with Gasteiger partial charge in [0.05, 0.1) is 17.9 Å². The minimum atomic E-state index is -0.243. The van der Waals surface area contributed by atoms with Crippen LogP contribution in [0.3, 0.4) is 0 Å². The van der Waals surface area contributed by atoms with E-state index in [1.807, 2.05) is 13.1 Å². The Morgan fingerprint density at radius 3 is 3.00 bits per heavy atom. The Morgan fingerprint density at radius 1 is 1.45 bits per heavy atom. The van der Waals surface area contributed by atoms with Gasteiger partial charge in [0.1, 0.15) is 5.82 Å². The molecule has 0 atom stereocenters. The van der Waals surface area contributed by atoms with E-state index in [4.69, 9.17) is 0 Å². The molecule has 0 unspecified atom stereocenters. The number of anilines is 1. The van der Waals surface area contributed by atoms with Crippen molar-refractivity contribution in [2.45, 2.75) is 45.6 Å². The molecule has 0 fully saturated rings. The molecule has 7 heteroatoms. The summed E-state index contributed by atoms with van der Waals surface area (Å²) >= 11 is 0. The summed E-state index contributed by atoms with van der Waals surface area (Å²) in [6.45, 7) is 4.58. The summed E-state index contributed by atoms with van der Waals surface area (Å²) in [7, 11) is 1.82. The average molecular weight is 302 g/mol. The molecule has 3 rings (SSSR count). The summed E-state index contributed by atoms with van der Waals surface area (Å²) in [5.41, 5.74) is 4.38. The van der Waals surface area contributed by atoms with Gasteiger partial charge in [0.25, 0.3) is 0 Å². The molecule has 0 aromatic carbocycles. The number of nitrogens with zero attached hydrogens (tertiary/aromatic N) is 3. The Kier molecular flexibility index (Phi) is 3.87. The number of carbonyl (C=O) groups excluding carboxylic acids is 1. The van der Waals surface area contributed by atoms with Crippen molar-refractivity contribution < 1.29 is 4.79 Å². The highest BCUT2D eigenvalue weighted by Gasteiger charge is 2.18. The lowest BCUT2D eigenvalue weighted by molar-refractivity contribution is 0.251. The monoisotopic (exact) mass is 302 g/mol. The summed E-state index contributed by atoms with van der Waals surface area (Å²) in [5.74, 6) is 1.02. The zero-order valence-corrected chi connectivity index (χ0v) is 13.2. The first kappa shape index (κ1) is 14.6. The summed E-state index contributed by atoms with van der Waals surface area (Å²) in [4.78, 5) is 12.0. The van der Waals surface area contributed by atoms with Crippen LogP contribution in [0.1, 0.15) is 48.8 Å². The molecule has 0 spiro atoms. The van der Waals surface area contributed by atoms with E-state index in [2.05, 4.69) is 39.8 Å². The van der Waals surface area contributed by atoms with Crippen LogP contribution in [0, 0.1) is 0 Å². The standard InChI is InChI=1S/C15H22N6O/c1-9(2)12-7-14(21(3)20-12)17-15(22)16-8-13-10-5-4-6-11(10)18-19-13/h7,9H,4-6,8H2,1-3H3,(H,18,19)(H2,16,17,22). The fraction of sp³-hybridized carbons (Fsp3) is 0.533. The number of urea groups is 1. The number of hydrogen-bond donors (Lipinski definition) is 3. The summed E-state index contributed by atoms with van der Waals surface area (Å²) < 4.78 is 1.68. The number of H-pyrrole nitrogens is 1. The van der Waals surface area contributed by atoms with Gasteiger partial charge in [-0.25, -0.2) is 4.79 Å². The van der Waals surface area contributed by atoms with Crippen molar-refractivity contribution in [2.24, 2.45) is 7.05 Å². The zero-order chi connectivity index (χ0) is 15.7. The molecular weight excluding hydrogens is 280 g/mol. The van der Waals surface area contributed by atoms with E-state index in [1.54, 1.807) is 4.68 Å². The van der Waals surface area contributed by atoms with E-state index in [0.29, 0.717) is 18.3 Å². The van der Waals surface area contributed by atoms with E-state index in [-0.39, 0.29) is 6.03 Å². The SMILES string of the molecule is CC(C)c1cc(NC(=O)NCc2n[nH]c3c2CCC3)n(C)n1. The maximum Gasteiger partial charge on any atom is 0.320 e. The van der Waals surface area contributed by atoms with E-state index < -0.39 is 0 Å². The number of rotatable bonds is 4. The van der Waals surface area contributed by atoms with Gasteiger partial charge in [-0.1, -0.05) is 13.8 Å². The largest absolute Gasteiger partial charge is 0.332 e. The molecule has 2 aromatic rings. The Balaban J connectivity index is 1.58. The van der Waals surface area contributed by atoms with Crippen LogP contribution >= 0.6 is 0 Å². The topological polar surface area (TPSA) is 87.6 Å². The minimum absolute atomic E-state index is 0.243. The van der Waals surface area contributed by atoms with Crippen molar-refractivity contribution in [3.63, 3.8) is 0 Å². The molecule has 0 bridgehead atoms. The van der Waals surface area contributed by atoms with Crippen molar-refractivity contribution in [3.05, 3.63) is 28.7 Å². The molecule has 2 amide bonds. The van der Waals surface area contributed by atoms with E-state index >= 15 is 0 Å². The summed E-state index contributed by atoms with van der Waals surface area (Å²) in [5, 5.41) is 17.4. The average Bonchev–Trinajstić information content (AvgIpc) is 3.13. The summed E-state index contributed by atoms with van der Waals surface area (Å²) in [6, 6.07) is 1.66. The van der Waals surface area contributed by atoms with Crippen molar-refractivity contribution in [2.75, 3.05) is 5.32 Å². The molecule has 0 radical (unpaired) electrons. The molecule has 118 valence electrons. The zero-order valence-electron chi connectivity index (χ0n) is 13.2. The highest BCUT2D eigenvalue weighted by Crippen LogP contribution is 2.22. The number of amides is 2. The highest BCUT2D eigenvalue weighted by atomic mass is 16.2. The number of aromatic nitrogens is 4. The normalized spacial score (nSPS) is 13.5. The quantitative estimate of drug-likeness (QED) is 0.808. The first-order valence-corrected chi connectivity index (χ1v) is 7.68.